The Hall–Kier alpha value is -3.60. The van der Waals surface area contributed by atoms with Crippen LogP contribution in [0.2, 0.25) is 0 Å². The number of aromatic nitrogens is 1. The Morgan fingerprint density at radius 3 is 2.32 bits per heavy atom. The summed E-state index contributed by atoms with van der Waals surface area (Å²) in [7, 11) is 0. The molecule has 0 unspecified atom stereocenters. The van der Waals surface area contributed by atoms with E-state index in [1.54, 1.807) is 0 Å². The monoisotopic (exact) mass is 372 g/mol. The largest absolute Gasteiger partial charge is 0.383 e. The molecule has 0 saturated carbocycles. The van der Waals surface area contributed by atoms with Gasteiger partial charge in [0.25, 0.3) is 0 Å². The van der Waals surface area contributed by atoms with Crippen LogP contribution in [0.15, 0.2) is 24.3 Å². The van der Waals surface area contributed by atoms with Crippen LogP contribution < -0.4 is 10.6 Å². The van der Waals surface area contributed by atoms with Crippen LogP contribution in [0.5, 0.6) is 0 Å². The van der Waals surface area contributed by atoms with Gasteiger partial charge in [-0.1, -0.05) is 29.8 Å². The first kappa shape index (κ1) is 19.2. The highest BCUT2D eigenvalue weighted by molar-refractivity contribution is 5.70. The standard InChI is InChI=1S/C21H20N6O/c1-14-2-4-15(5-3-14)10-16(11-22)19-17(12-23)20(25)26-21(18(19)13-24)27-6-8-28-9-7-27/h2-5,16H,6-10H2,1H3,(H2,25,26)/t16-/m1/s1. The van der Waals surface area contributed by atoms with Gasteiger partial charge in [0.05, 0.1) is 25.2 Å². The third-order valence-electron chi connectivity index (χ3n) is 4.84. The van der Waals surface area contributed by atoms with E-state index in [1.807, 2.05) is 42.2 Å². The van der Waals surface area contributed by atoms with Crippen molar-refractivity contribution in [3.05, 3.63) is 52.1 Å². The molecular weight excluding hydrogens is 352 g/mol. The minimum atomic E-state index is -0.683. The van der Waals surface area contributed by atoms with Crippen molar-refractivity contribution >= 4 is 11.6 Å². The molecule has 3 rings (SSSR count). The number of pyridine rings is 1. The number of aryl methyl sites for hydroxylation is 1. The smallest absolute Gasteiger partial charge is 0.149 e. The molecule has 1 aliphatic heterocycles. The fourth-order valence-corrected chi connectivity index (χ4v) is 3.36. The number of rotatable bonds is 4. The van der Waals surface area contributed by atoms with Gasteiger partial charge in [-0.2, -0.15) is 15.8 Å². The molecule has 0 aliphatic carbocycles. The Kier molecular flexibility index (Phi) is 5.75. The average molecular weight is 372 g/mol. The van der Waals surface area contributed by atoms with E-state index in [4.69, 9.17) is 10.5 Å². The highest BCUT2D eigenvalue weighted by atomic mass is 16.5. The lowest BCUT2D eigenvalue weighted by Gasteiger charge is -2.30. The quantitative estimate of drug-likeness (QED) is 0.874. The number of nitrogens with zero attached hydrogens (tertiary/aromatic N) is 5. The SMILES string of the molecule is Cc1ccc(C[C@H](C#N)c2c(C#N)c(N)nc(N3CCOCC3)c2C#N)cc1. The van der Waals surface area contributed by atoms with Gasteiger partial charge in [-0.3, -0.25) is 0 Å². The summed E-state index contributed by atoms with van der Waals surface area (Å²) in [4.78, 5) is 6.25. The molecule has 7 heteroatoms. The van der Waals surface area contributed by atoms with Crippen molar-refractivity contribution in [3.63, 3.8) is 0 Å². The van der Waals surface area contributed by atoms with Gasteiger partial charge in [0.1, 0.15) is 34.9 Å². The van der Waals surface area contributed by atoms with Gasteiger partial charge in [-0.25, -0.2) is 4.98 Å². The number of benzene rings is 1. The van der Waals surface area contributed by atoms with Gasteiger partial charge in [0, 0.05) is 18.7 Å². The summed E-state index contributed by atoms with van der Waals surface area (Å²) in [5, 5.41) is 29.4. The molecule has 28 heavy (non-hydrogen) atoms. The zero-order valence-corrected chi connectivity index (χ0v) is 15.6. The molecule has 1 fully saturated rings. The number of nitrogen functional groups attached to an aromatic ring is 1. The van der Waals surface area contributed by atoms with Gasteiger partial charge in [0.15, 0.2) is 0 Å². The number of ether oxygens (including phenoxy) is 1. The summed E-state index contributed by atoms with van der Waals surface area (Å²) in [6.45, 7) is 4.17. The van der Waals surface area contributed by atoms with Crippen LogP contribution >= 0.6 is 0 Å². The Labute approximate surface area is 164 Å². The van der Waals surface area contributed by atoms with Crippen LogP contribution in [0.25, 0.3) is 0 Å². The molecule has 2 N–H and O–H groups in total. The average Bonchev–Trinajstić information content (AvgIpc) is 2.73. The van der Waals surface area contributed by atoms with Gasteiger partial charge >= 0.3 is 0 Å². The molecule has 1 aromatic carbocycles. The number of hydrogen-bond acceptors (Lipinski definition) is 7. The number of anilines is 2. The zero-order valence-electron chi connectivity index (χ0n) is 15.6. The minimum Gasteiger partial charge on any atom is -0.383 e. The highest BCUT2D eigenvalue weighted by Crippen LogP contribution is 2.34. The number of nitrogens with two attached hydrogens (primary N) is 1. The van der Waals surface area contributed by atoms with Crippen LogP contribution in [0, 0.1) is 40.9 Å². The molecule has 2 heterocycles. The second kappa shape index (κ2) is 8.39. The van der Waals surface area contributed by atoms with Gasteiger partial charge in [-0.15, -0.1) is 0 Å². The predicted octanol–water partition coefficient (Wildman–Crippen LogP) is 2.40. The summed E-state index contributed by atoms with van der Waals surface area (Å²) in [6.07, 6.45) is 0.381. The Balaban J connectivity index is 2.12. The van der Waals surface area contributed by atoms with Crippen LogP contribution in [-0.4, -0.2) is 31.3 Å². The van der Waals surface area contributed by atoms with Crippen molar-refractivity contribution in [2.24, 2.45) is 0 Å². The topological polar surface area (TPSA) is 123 Å². The van der Waals surface area contributed by atoms with Gasteiger partial charge in [-0.05, 0) is 18.9 Å². The van der Waals surface area contributed by atoms with E-state index >= 15 is 0 Å². The van der Waals surface area contributed by atoms with Crippen molar-refractivity contribution in [3.8, 4) is 18.2 Å². The number of morpholine rings is 1. The molecule has 0 amide bonds. The normalized spacial score (nSPS) is 14.6. The van der Waals surface area contributed by atoms with Crippen molar-refractivity contribution < 1.29 is 4.74 Å². The predicted molar refractivity (Wildman–Crippen MR) is 104 cm³/mol. The summed E-state index contributed by atoms with van der Waals surface area (Å²) < 4.78 is 5.37. The Morgan fingerprint density at radius 2 is 1.75 bits per heavy atom. The van der Waals surface area contributed by atoms with Gasteiger partial charge in [0.2, 0.25) is 0 Å². The lowest BCUT2D eigenvalue weighted by molar-refractivity contribution is 0.122. The number of hydrogen-bond donors (Lipinski definition) is 1. The molecule has 1 saturated heterocycles. The van der Waals surface area contributed by atoms with Crippen LogP contribution in [0.4, 0.5) is 11.6 Å². The second-order valence-electron chi connectivity index (χ2n) is 6.68. The van der Waals surface area contributed by atoms with E-state index in [1.165, 1.54) is 0 Å². The van der Waals surface area contributed by atoms with Crippen LogP contribution in [0.1, 0.15) is 33.7 Å². The van der Waals surface area contributed by atoms with Crippen molar-refractivity contribution in [1.29, 1.82) is 15.8 Å². The first-order valence-corrected chi connectivity index (χ1v) is 9.00. The van der Waals surface area contributed by atoms with E-state index in [9.17, 15) is 15.8 Å². The minimum absolute atomic E-state index is 0.0437. The fourth-order valence-electron chi connectivity index (χ4n) is 3.36. The lowest BCUT2D eigenvalue weighted by Crippen LogP contribution is -2.37. The lowest BCUT2D eigenvalue weighted by atomic mass is 9.87. The molecule has 2 aromatic rings. The Bertz CT molecular complexity index is 988. The first-order valence-electron chi connectivity index (χ1n) is 9.00. The maximum absolute atomic E-state index is 9.88. The van der Waals surface area contributed by atoms with E-state index in [0.29, 0.717) is 44.1 Å². The fraction of sp³-hybridized carbons (Fsp3) is 0.333. The van der Waals surface area contributed by atoms with Crippen molar-refractivity contribution in [2.45, 2.75) is 19.3 Å². The van der Waals surface area contributed by atoms with Crippen LogP contribution in [-0.2, 0) is 11.2 Å². The maximum Gasteiger partial charge on any atom is 0.149 e. The molecule has 0 bridgehead atoms. The van der Waals surface area contributed by atoms with Crippen molar-refractivity contribution in [2.75, 3.05) is 36.9 Å². The molecule has 0 spiro atoms. The summed E-state index contributed by atoms with van der Waals surface area (Å²) in [6, 6.07) is 14.3. The number of nitriles is 3. The third-order valence-corrected chi connectivity index (χ3v) is 4.84. The van der Waals surface area contributed by atoms with E-state index in [-0.39, 0.29) is 16.9 Å². The third kappa shape index (κ3) is 3.74. The van der Waals surface area contributed by atoms with Gasteiger partial charge < -0.3 is 15.4 Å². The van der Waals surface area contributed by atoms with E-state index in [0.717, 1.165) is 11.1 Å². The molecule has 0 radical (unpaired) electrons. The molecule has 1 atom stereocenters. The van der Waals surface area contributed by atoms with E-state index < -0.39 is 5.92 Å². The second-order valence-corrected chi connectivity index (χ2v) is 6.68. The summed E-state index contributed by atoms with van der Waals surface area (Å²) >= 11 is 0. The molecular formula is C21H20N6O. The molecule has 7 nitrogen and oxygen atoms in total. The molecule has 1 aromatic heterocycles. The zero-order chi connectivity index (χ0) is 20.1. The molecule has 140 valence electrons. The first-order chi connectivity index (χ1) is 13.6. The molecule has 1 aliphatic rings. The summed E-state index contributed by atoms with van der Waals surface area (Å²) in [5.74, 6) is -0.222. The Morgan fingerprint density at radius 1 is 1.11 bits per heavy atom. The maximum atomic E-state index is 9.88. The highest BCUT2D eigenvalue weighted by Gasteiger charge is 2.28. The van der Waals surface area contributed by atoms with Crippen molar-refractivity contribution in [1.82, 2.24) is 4.98 Å². The summed E-state index contributed by atoms with van der Waals surface area (Å²) in [5.41, 5.74) is 8.84. The van der Waals surface area contributed by atoms with Crippen LogP contribution in [0.3, 0.4) is 0 Å². The van der Waals surface area contributed by atoms with E-state index in [2.05, 4.69) is 17.1 Å².